The smallest absolute Gasteiger partial charge is 0.140 e. The summed E-state index contributed by atoms with van der Waals surface area (Å²) in [6.07, 6.45) is 0. The van der Waals surface area contributed by atoms with E-state index in [0.29, 0.717) is 13.2 Å². The molecule has 0 radical (unpaired) electrons. The van der Waals surface area contributed by atoms with E-state index in [4.69, 9.17) is 9.47 Å². The Morgan fingerprint density at radius 2 is 2.05 bits per heavy atom. The third kappa shape index (κ3) is 3.56. The first-order valence-corrected chi connectivity index (χ1v) is 7.23. The highest BCUT2D eigenvalue weighted by molar-refractivity contribution is 7.11. The zero-order valence-corrected chi connectivity index (χ0v) is 12.8. The number of thiazole rings is 1. The fraction of sp³-hybridized carbons (Fsp3) is 0.400. The normalized spacial score (nSPS) is 10.8. The van der Waals surface area contributed by atoms with Crippen LogP contribution in [0.1, 0.15) is 26.7 Å². The first kappa shape index (κ1) is 15.0. The van der Waals surface area contributed by atoms with Crippen LogP contribution in [0.15, 0.2) is 18.2 Å². The Kier molecular flexibility index (Phi) is 5.11. The van der Waals surface area contributed by atoms with Crippen molar-refractivity contribution in [1.82, 2.24) is 4.98 Å². The third-order valence-corrected chi connectivity index (χ3v) is 4.00. The lowest BCUT2D eigenvalue weighted by atomic mass is 10.1. The van der Waals surface area contributed by atoms with E-state index in [1.165, 1.54) is 16.9 Å². The number of aliphatic hydroxyl groups is 1. The number of ether oxygens (including phenoxy) is 2. The minimum Gasteiger partial charge on any atom is -0.486 e. The standard InChI is InChI=1S/C15H19NO3S/c1-10-4-5-11(2)13(6-10)19-9-15-16-12(8-18-3)14(7-17)20-15/h4-6,17H,7-9H2,1-3H3. The number of hydrogen-bond donors (Lipinski definition) is 1. The highest BCUT2D eigenvalue weighted by Gasteiger charge is 2.11. The maximum atomic E-state index is 9.30. The topological polar surface area (TPSA) is 51.6 Å². The molecule has 108 valence electrons. The second-order valence-corrected chi connectivity index (χ2v) is 5.79. The van der Waals surface area contributed by atoms with Gasteiger partial charge in [0.25, 0.3) is 0 Å². The van der Waals surface area contributed by atoms with Crippen molar-refractivity contribution in [3.05, 3.63) is 44.9 Å². The molecule has 1 N–H and O–H groups in total. The van der Waals surface area contributed by atoms with Crippen molar-refractivity contribution in [1.29, 1.82) is 0 Å². The quantitative estimate of drug-likeness (QED) is 0.889. The van der Waals surface area contributed by atoms with Crippen LogP contribution >= 0.6 is 11.3 Å². The van der Waals surface area contributed by atoms with Gasteiger partial charge in [0, 0.05) is 7.11 Å². The molecule has 4 nitrogen and oxygen atoms in total. The first-order chi connectivity index (χ1) is 9.63. The third-order valence-electron chi connectivity index (χ3n) is 2.94. The summed E-state index contributed by atoms with van der Waals surface area (Å²) in [5, 5.41) is 10.1. The van der Waals surface area contributed by atoms with E-state index in [1.54, 1.807) is 7.11 Å². The number of nitrogens with zero attached hydrogens (tertiary/aromatic N) is 1. The first-order valence-electron chi connectivity index (χ1n) is 6.41. The van der Waals surface area contributed by atoms with Gasteiger partial charge in [0.1, 0.15) is 17.4 Å². The van der Waals surface area contributed by atoms with E-state index < -0.39 is 0 Å². The molecule has 2 rings (SSSR count). The minimum absolute atomic E-state index is 0.0141. The Balaban J connectivity index is 2.08. The van der Waals surface area contributed by atoms with Crippen LogP contribution in [0, 0.1) is 13.8 Å². The summed E-state index contributed by atoms with van der Waals surface area (Å²) in [5.74, 6) is 0.874. The van der Waals surface area contributed by atoms with Crippen molar-refractivity contribution < 1.29 is 14.6 Å². The largest absolute Gasteiger partial charge is 0.486 e. The van der Waals surface area contributed by atoms with Gasteiger partial charge < -0.3 is 14.6 Å². The monoisotopic (exact) mass is 293 g/mol. The molecule has 0 spiro atoms. The van der Waals surface area contributed by atoms with Crippen LogP contribution in [-0.2, 0) is 24.6 Å². The summed E-state index contributed by atoms with van der Waals surface area (Å²) in [7, 11) is 1.62. The van der Waals surface area contributed by atoms with Crippen LogP contribution < -0.4 is 4.74 Å². The van der Waals surface area contributed by atoms with Gasteiger partial charge in [-0.15, -0.1) is 11.3 Å². The Labute approximate surface area is 123 Å². The van der Waals surface area contributed by atoms with Crippen LogP contribution in [0.3, 0.4) is 0 Å². The number of aromatic nitrogens is 1. The van der Waals surface area contributed by atoms with Crippen molar-refractivity contribution in [3.63, 3.8) is 0 Å². The fourth-order valence-electron chi connectivity index (χ4n) is 1.87. The second-order valence-electron chi connectivity index (χ2n) is 4.63. The maximum absolute atomic E-state index is 9.30. The molecule has 1 heterocycles. The molecule has 0 saturated carbocycles. The van der Waals surface area contributed by atoms with Gasteiger partial charge in [0.05, 0.1) is 23.8 Å². The van der Waals surface area contributed by atoms with E-state index in [1.807, 2.05) is 26.0 Å². The van der Waals surface area contributed by atoms with E-state index in [0.717, 1.165) is 26.9 Å². The Bertz CT molecular complexity index is 580. The molecule has 0 amide bonds. The zero-order chi connectivity index (χ0) is 14.5. The van der Waals surface area contributed by atoms with Gasteiger partial charge in [-0.2, -0.15) is 0 Å². The van der Waals surface area contributed by atoms with Crippen molar-refractivity contribution in [2.75, 3.05) is 7.11 Å². The summed E-state index contributed by atoms with van der Waals surface area (Å²) >= 11 is 1.46. The summed E-state index contributed by atoms with van der Waals surface area (Å²) in [6.45, 7) is 4.86. The van der Waals surface area contributed by atoms with Crippen molar-refractivity contribution in [2.24, 2.45) is 0 Å². The number of aryl methyl sites for hydroxylation is 2. The van der Waals surface area contributed by atoms with E-state index >= 15 is 0 Å². The molecule has 2 aromatic rings. The molecular weight excluding hydrogens is 274 g/mol. The molecule has 0 unspecified atom stereocenters. The summed E-state index contributed by atoms with van der Waals surface area (Å²) < 4.78 is 10.9. The van der Waals surface area contributed by atoms with Gasteiger partial charge in [-0.05, 0) is 31.0 Å². The highest BCUT2D eigenvalue weighted by atomic mass is 32.1. The molecule has 0 aliphatic carbocycles. The fourth-order valence-corrected chi connectivity index (χ4v) is 2.72. The average molecular weight is 293 g/mol. The van der Waals surface area contributed by atoms with Gasteiger partial charge in [0.2, 0.25) is 0 Å². The molecule has 5 heteroatoms. The molecule has 0 saturated heterocycles. The van der Waals surface area contributed by atoms with Gasteiger partial charge in [-0.3, -0.25) is 0 Å². The van der Waals surface area contributed by atoms with Crippen molar-refractivity contribution >= 4 is 11.3 Å². The summed E-state index contributed by atoms with van der Waals surface area (Å²) in [6, 6.07) is 6.13. The number of aliphatic hydroxyl groups excluding tert-OH is 1. The molecular formula is C15H19NO3S. The number of hydrogen-bond acceptors (Lipinski definition) is 5. The number of benzene rings is 1. The second kappa shape index (κ2) is 6.83. The predicted molar refractivity (Wildman–Crippen MR) is 79.0 cm³/mol. The SMILES string of the molecule is COCc1nc(COc2cc(C)ccc2C)sc1CO. The van der Waals surface area contributed by atoms with Gasteiger partial charge in [-0.1, -0.05) is 12.1 Å². The lowest BCUT2D eigenvalue weighted by Gasteiger charge is -2.08. The van der Waals surface area contributed by atoms with Crippen LogP contribution in [-0.4, -0.2) is 17.2 Å². The van der Waals surface area contributed by atoms with Crippen LogP contribution in [0.5, 0.6) is 5.75 Å². The number of methoxy groups -OCH3 is 1. The number of rotatable bonds is 6. The Hall–Kier alpha value is -1.43. The van der Waals surface area contributed by atoms with Crippen LogP contribution in [0.4, 0.5) is 0 Å². The average Bonchev–Trinajstić information content (AvgIpc) is 2.82. The van der Waals surface area contributed by atoms with E-state index in [-0.39, 0.29) is 6.61 Å². The van der Waals surface area contributed by atoms with Gasteiger partial charge >= 0.3 is 0 Å². The molecule has 0 bridgehead atoms. The molecule has 0 atom stereocenters. The molecule has 1 aromatic heterocycles. The van der Waals surface area contributed by atoms with Crippen molar-refractivity contribution in [3.8, 4) is 5.75 Å². The molecule has 0 aliphatic heterocycles. The summed E-state index contributed by atoms with van der Waals surface area (Å²) in [5.41, 5.74) is 3.06. The molecule has 0 fully saturated rings. The van der Waals surface area contributed by atoms with Crippen LogP contribution in [0.25, 0.3) is 0 Å². The van der Waals surface area contributed by atoms with E-state index in [2.05, 4.69) is 11.1 Å². The minimum atomic E-state index is -0.0141. The molecule has 20 heavy (non-hydrogen) atoms. The van der Waals surface area contributed by atoms with Crippen molar-refractivity contribution in [2.45, 2.75) is 33.7 Å². The Morgan fingerprint density at radius 3 is 2.75 bits per heavy atom. The lowest BCUT2D eigenvalue weighted by molar-refractivity contribution is 0.178. The van der Waals surface area contributed by atoms with Gasteiger partial charge in [0.15, 0.2) is 0 Å². The summed E-state index contributed by atoms with van der Waals surface area (Å²) in [4.78, 5) is 5.29. The van der Waals surface area contributed by atoms with Gasteiger partial charge in [-0.25, -0.2) is 4.98 Å². The van der Waals surface area contributed by atoms with Crippen LogP contribution in [0.2, 0.25) is 0 Å². The predicted octanol–water partition coefficient (Wildman–Crippen LogP) is 2.98. The maximum Gasteiger partial charge on any atom is 0.140 e. The van der Waals surface area contributed by atoms with E-state index in [9.17, 15) is 5.11 Å². The lowest BCUT2D eigenvalue weighted by Crippen LogP contribution is -1.98. The molecule has 1 aromatic carbocycles. The molecule has 0 aliphatic rings. The zero-order valence-electron chi connectivity index (χ0n) is 12.0. The highest BCUT2D eigenvalue weighted by Crippen LogP contribution is 2.23. The Morgan fingerprint density at radius 1 is 1.25 bits per heavy atom.